The van der Waals surface area contributed by atoms with Gasteiger partial charge in [0.05, 0.1) is 25.4 Å². The smallest absolute Gasteiger partial charge is 0.366 e. The molecule has 0 saturated carbocycles. The van der Waals surface area contributed by atoms with Crippen molar-refractivity contribution in [1.29, 1.82) is 0 Å². The predicted molar refractivity (Wildman–Crippen MR) is 101 cm³/mol. The van der Waals surface area contributed by atoms with Crippen molar-refractivity contribution in [2.45, 2.75) is 88.6 Å². The van der Waals surface area contributed by atoms with E-state index in [1.54, 1.807) is 0 Å². The van der Waals surface area contributed by atoms with Crippen LogP contribution in [0, 0.1) is 0 Å². The third-order valence-electron chi connectivity index (χ3n) is 5.03. The Kier molecular flexibility index (Phi) is 10.1. The van der Waals surface area contributed by atoms with Crippen LogP contribution in [0.4, 0.5) is 0 Å². The SMILES string of the molecule is CCCCC(=O)CC[C@@H](O)[C@@H](O)C1O[C@](OC)(C(=O)OC)C[C@@H](O)[C@H]1NC(C)=O. The van der Waals surface area contributed by atoms with E-state index in [0.29, 0.717) is 6.42 Å². The summed E-state index contributed by atoms with van der Waals surface area (Å²) in [6.45, 7) is 3.18. The van der Waals surface area contributed by atoms with E-state index < -0.39 is 48.1 Å². The van der Waals surface area contributed by atoms with Crippen LogP contribution >= 0.6 is 0 Å². The van der Waals surface area contributed by atoms with Gasteiger partial charge in [0.2, 0.25) is 5.91 Å². The van der Waals surface area contributed by atoms with E-state index in [9.17, 15) is 29.7 Å². The first-order valence-electron chi connectivity index (χ1n) is 9.76. The average Bonchev–Trinajstić information content (AvgIpc) is 2.70. The van der Waals surface area contributed by atoms with Crippen LogP contribution in [-0.4, -0.2) is 83.4 Å². The number of ketones is 1. The molecule has 1 aliphatic heterocycles. The molecule has 1 saturated heterocycles. The molecular formula is C19H33NO9. The maximum absolute atomic E-state index is 12.2. The molecule has 0 spiro atoms. The second-order valence-corrected chi connectivity index (χ2v) is 7.27. The van der Waals surface area contributed by atoms with Crippen LogP contribution in [0.1, 0.15) is 52.4 Å². The second kappa shape index (κ2) is 11.6. The molecule has 1 rings (SSSR count). The van der Waals surface area contributed by atoms with Crippen molar-refractivity contribution in [2.24, 2.45) is 0 Å². The highest BCUT2D eigenvalue weighted by molar-refractivity contribution is 5.79. The third kappa shape index (κ3) is 6.71. The second-order valence-electron chi connectivity index (χ2n) is 7.27. The quantitative estimate of drug-likeness (QED) is 0.322. The number of esters is 1. The minimum absolute atomic E-state index is 0.0370. The molecule has 0 radical (unpaired) electrons. The molecule has 4 N–H and O–H groups in total. The van der Waals surface area contributed by atoms with Crippen molar-refractivity contribution in [2.75, 3.05) is 14.2 Å². The molecule has 29 heavy (non-hydrogen) atoms. The Labute approximate surface area is 170 Å². The number of carbonyl (C=O) groups is 3. The summed E-state index contributed by atoms with van der Waals surface area (Å²) < 4.78 is 15.5. The predicted octanol–water partition coefficient (Wildman–Crippen LogP) is -0.582. The summed E-state index contributed by atoms with van der Waals surface area (Å²) in [7, 11) is 2.29. The van der Waals surface area contributed by atoms with Gasteiger partial charge in [0.15, 0.2) is 0 Å². The van der Waals surface area contributed by atoms with Crippen LogP contribution in [0.3, 0.4) is 0 Å². The molecule has 6 atom stereocenters. The monoisotopic (exact) mass is 419 g/mol. The first-order chi connectivity index (χ1) is 13.6. The number of methoxy groups -OCH3 is 2. The standard InChI is InChI=1S/C19H33NO9/c1-5-6-7-12(22)8-9-13(23)16(25)17-15(20-11(2)21)14(24)10-19(28-4,29-17)18(26)27-3/h13-17,23-25H,5-10H2,1-4H3,(H,20,21)/t13-,14-,15-,16-,17?,19+/m1/s1. The van der Waals surface area contributed by atoms with Gasteiger partial charge in [0.25, 0.3) is 5.79 Å². The number of ether oxygens (including phenoxy) is 3. The number of Topliss-reactive ketones (excluding diaryl/α,β-unsaturated/α-hetero) is 1. The Balaban J connectivity index is 2.99. The van der Waals surface area contributed by atoms with Crippen LogP contribution in [0.15, 0.2) is 0 Å². The van der Waals surface area contributed by atoms with Crippen molar-refractivity contribution in [3.05, 3.63) is 0 Å². The number of nitrogens with one attached hydrogen (secondary N) is 1. The topological polar surface area (TPSA) is 152 Å². The summed E-state index contributed by atoms with van der Waals surface area (Å²) in [5.74, 6) is -3.48. The number of rotatable bonds is 11. The fourth-order valence-electron chi connectivity index (χ4n) is 3.36. The molecule has 0 aromatic heterocycles. The molecule has 0 aliphatic carbocycles. The third-order valence-corrected chi connectivity index (χ3v) is 5.03. The molecule has 0 bridgehead atoms. The lowest BCUT2D eigenvalue weighted by Crippen LogP contribution is -2.67. The number of unbranched alkanes of at least 4 members (excludes halogenated alkanes) is 1. The summed E-state index contributed by atoms with van der Waals surface area (Å²) >= 11 is 0. The maximum atomic E-state index is 12.2. The van der Waals surface area contributed by atoms with Crippen molar-refractivity contribution in [3.63, 3.8) is 0 Å². The van der Waals surface area contributed by atoms with Gasteiger partial charge in [0.1, 0.15) is 18.0 Å². The molecular weight excluding hydrogens is 386 g/mol. The first kappa shape index (κ1) is 25.4. The highest BCUT2D eigenvalue weighted by Crippen LogP contribution is 2.34. The average molecular weight is 419 g/mol. The van der Waals surface area contributed by atoms with E-state index >= 15 is 0 Å². The van der Waals surface area contributed by atoms with E-state index in [4.69, 9.17) is 9.47 Å². The van der Waals surface area contributed by atoms with Crippen molar-refractivity contribution in [1.82, 2.24) is 5.32 Å². The lowest BCUT2D eigenvalue weighted by Gasteiger charge is -2.46. The van der Waals surface area contributed by atoms with Gasteiger partial charge >= 0.3 is 5.97 Å². The fourth-order valence-corrected chi connectivity index (χ4v) is 3.36. The number of hydrogen-bond acceptors (Lipinski definition) is 9. The molecule has 1 unspecified atom stereocenters. The zero-order chi connectivity index (χ0) is 22.2. The van der Waals surface area contributed by atoms with E-state index in [1.807, 2.05) is 6.92 Å². The van der Waals surface area contributed by atoms with Gasteiger partial charge in [-0.25, -0.2) is 4.79 Å². The molecule has 1 amide bonds. The van der Waals surface area contributed by atoms with Crippen LogP contribution in [-0.2, 0) is 28.6 Å². The lowest BCUT2D eigenvalue weighted by molar-refractivity contribution is -0.304. The van der Waals surface area contributed by atoms with Crippen LogP contribution in [0.5, 0.6) is 0 Å². The molecule has 0 aromatic rings. The molecule has 1 fully saturated rings. The summed E-state index contributed by atoms with van der Waals surface area (Å²) in [5, 5.41) is 34.0. The zero-order valence-corrected chi connectivity index (χ0v) is 17.4. The largest absolute Gasteiger partial charge is 0.465 e. The highest BCUT2D eigenvalue weighted by atomic mass is 16.7. The Bertz CT molecular complexity index is 570. The number of hydrogen-bond donors (Lipinski definition) is 4. The van der Waals surface area contributed by atoms with Gasteiger partial charge in [-0.15, -0.1) is 0 Å². The van der Waals surface area contributed by atoms with E-state index in [0.717, 1.165) is 20.0 Å². The van der Waals surface area contributed by atoms with E-state index in [2.05, 4.69) is 10.1 Å². The molecule has 1 heterocycles. The van der Waals surface area contributed by atoms with Gasteiger partial charge in [-0.2, -0.15) is 0 Å². The Hall–Kier alpha value is -1.59. The Morgan fingerprint density at radius 2 is 1.90 bits per heavy atom. The fraction of sp³-hybridized carbons (Fsp3) is 0.842. The number of carbonyl (C=O) groups excluding carboxylic acids is 3. The number of aliphatic hydroxyl groups excluding tert-OH is 3. The molecule has 10 nitrogen and oxygen atoms in total. The molecule has 168 valence electrons. The Morgan fingerprint density at radius 3 is 2.41 bits per heavy atom. The van der Waals surface area contributed by atoms with Gasteiger partial charge in [-0.05, 0) is 12.8 Å². The molecule has 1 aliphatic rings. The zero-order valence-electron chi connectivity index (χ0n) is 17.4. The van der Waals surface area contributed by atoms with Crippen molar-refractivity contribution in [3.8, 4) is 0 Å². The molecule has 0 aromatic carbocycles. The van der Waals surface area contributed by atoms with Crippen LogP contribution < -0.4 is 5.32 Å². The molecule has 10 heteroatoms. The lowest BCUT2D eigenvalue weighted by atomic mass is 9.87. The normalized spacial score (nSPS) is 29.0. The van der Waals surface area contributed by atoms with Gasteiger partial charge in [-0.3, -0.25) is 9.59 Å². The minimum atomic E-state index is -2.01. The minimum Gasteiger partial charge on any atom is -0.465 e. The van der Waals surface area contributed by atoms with E-state index in [-0.39, 0.29) is 25.0 Å². The summed E-state index contributed by atoms with van der Waals surface area (Å²) in [6, 6.07) is -1.11. The summed E-state index contributed by atoms with van der Waals surface area (Å²) in [6.07, 6.45) is -4.04. The van der Waals surface area contributed by atoms with Crippen LogP contribution in [0.2, 0.25) is 0 Å². The van der Waals surface area contributed by atoms with Crippen molar-refractivity contribution < 1.29 is 43.9 Å². The number of amides is 1. The number of aliphatic hydroxyl groups is 3. The van der Waals surface area contributed by atoms with E-state index in [1.165, 1.54) is 14.0 Å². The Morgan fingerprint density at radius 1 is 1.24 bits per heavy atom. The van der Waals surface area contributed by atoms with Gasteiger partial charge < -0.3 is 34.8 Å². The van der Waals surface area contributed by atoms with Crippen molar-refractivity contribution >= 4 is 17.7 Å². The highest BCUT2D eigenvalue weighted by Gasteiger charge is 2.55. The maximum Gasteiger partial charge on any atom is 0.366 e. The first-order valence-corrected chi connectivity index (χ1v) is 9.76. The summed E-state index contributed by atoms with van der Waals surface area (Å²) in [5.41, 5.74) is 0. The van der Waals surface area contributed by atoms with Gasteiger partial charge in [-0.1, -0.05) is 13.3 Å². The van der Waals surface area contributed by atoms with Crippen LogP contribution in [0.25, 0.3) is 0 Å². The summed E-state index contributed by atoms with van der Waals surface area (Å²) in [4.78, 5) is 35.6. The van der Waals surface area contributed by atoms with Gasteiger partial charge in [0, 0.05) is 33.3 Å².